The Labute approximate surface area is 155 Å². The fourth-order valence-electron chi connectivity index (χ4n) is 3.32. The van der Waals surface area contributed by atoms with Gasteiger partial charge in [0.15, 0.2) is 0 Å². The van der Waals surface area contributed by atoms with Crippen LogP contribution in [0.1, 0.15) is 22.5 Å². The summed E-state index contributed by atoms with van der Waals surface area (Å²) in [7, 11) is 0. The smallest absolute Gasteiger partial charge is 0.263 e. The molecular formula is C20H19N3O2S. The quantitative estimate of drug-likeness (QED) is 0.768. The Morgan fingerprint density at radius 2 is 2.08 bits per heavy atom. The van der Waals surface area contributed by atoms with Crippen molar-refractivity contribution in [3.05, 3.63) is 58.9 Å². The van der Waals surface area contributed by atoms with Gasteiger partial charge >= 0.3 is 0 Å². The number of fused-ring (bicyclic) bond motifs is 1. The lowest BCUT2D eigenvalue weighted by Gasteiger charge is -2.31. The SMILES string of the molecule is O=C(Nc1cnc2ccccc2c1)C1CCCN(C(=O)c2cccs2)C1. The average Bonchev–Trinajstić information content (AvgIpc) is 3.22. The van der Waals surface area contributed by atoms with E-state index in [1.54, 1.807) is 11.1 Å². The first-order valence-electron chi connectivity index (χ1n) is 8.69. The molecule has 1 fully saturated rings. The molecule has 0 spiro atoms. The number of rotatable bonds is 3. The maximum atomic E-state index is 12.7. The number of pyridine rings is 1. The number of carbonyl (C=O) groups is 2. The number of aromatic nitrogens is 1. The van der Waals surface area contributed by atoms with E-state index in [9.17, 15) is 9.59 Å². The van der Waals surface area contributed by atoms with Gasteiger partial charge in [0, 0.05) is 18.5 Å². The summed E-state index contributed by atoms with van der Waals surface area (Å²) >= 11 is 1.44. The second-order valence-electron chi connectivity index (χ2n) is 6.47. The zero-order valence-electron chi connectivity index (χ0n) is 14.2. The lowest BCUT2D eigenvalue weighted by Crippen LogP contribution is -2.43. The van der Waals surface area contributed by atoms with Gasteiger partial charge in [-0.2, -0.15) is 0 Å². The second-order valence-corrected chi connectivity index (χ2v) is 7.42. The topological polar surface area (TPSA) is 62.3 Å². The van der Waals surface area contributed by atoms with Crippen LogP contribution >= 0.6 is 11.3 Å². The second kappa shape index (κ2) is 7.25. The Bertz CT molecular complexity index is 939. The third-order valence-corrected chi connectivity index (χ3v) is 5.53. The molecule has 1 aliphatic heterocycles. The molecule has 0 bridgehead atoms. The zero-order valence-corrected chi connectivity index (χ0v) is 15.0. The van der Waals surface area contributed by atoms with Crippen LogP contribution in [0.5, 0.6) is 0 Å². The maximum Gasteiger partial charge on any atom is 0.263 e. The third-order valence-electron chi connectivity index (χ3n) is 4.67. The summed E-state index contributed by atoms with van der Waals surface area (Å²) in [6, 6.07) is 13.4. The van der Waals surface area contributed by atoms with Crippen molar-refractivity contribution in [2.45, 2.75) is 12.8 Å². The molecule has 1 aromatic carbocycles. The van der Waals surface area contributed by atoms with Crippen molar-refractivity contribution in [3.63, 3.8) is 0 Å². The number of hydrogen-bond donors (Lipinski definition) is 1. The van der Waals surface area contributed by atoms with Crippen molar-refractivity contribution in [3.8, 4) is 0 Å². The van der Waals surface area contributed by atoms with Gasteiger partial charge < -0.3 is 10.2 Å². The number of anilines is 1. The van der Waals surface area contributed by atoms with Gasteiger partial charge in [0.05, 0.1) is 28.2 Å². The molecule has 2 amide bonds. The number of piperidine rings is 1. The lowest BCUT2D eigenvalue weighted by atomic mass is 9.97. The predicted octanol–water partition coefficient (Wildman–Crippen LogP) is 3.79. The van der Waals surface area contributed by atoms with Crippen LogP contribution in [0.2, 0.25) is 0 Å². The Balaban J connectivity index is 1.44. The van der Waals surface area contributed by atoms with E-state index in [4.69, 9.17) is 0 Å². The Kier molecular flexibility index (Phi) is 4.67. The van der Waals surface area contributed by atoms with Gasteiger partial charge in [-0.3, -0.25) is 14.6 Å². The number of nitrogens with one attached hydrogen (secondary N) is 1. The Hall–Kier alpha value is -2.73. The summed E-state index contributed by atoms with van der Waals surface area (Å²) in [5, 5.41) is 5.85. The zero-order chi connectivity index (χ0) is 17.9. The highest BCUT2D eigenvalue weighted by atomic mass is 32.1. The molecular weight excluding hydrogens is 346 g/mol. The van der Waals surface area contributed by atoms with Crippen molar-refractivity contribution in [1.82, 2.24) is 9.88 Å². The summed E-state index contributed by atoms with van der Waals surface area (Å²) in [5.41, 5.74) is 1.59. The standard InChI is InChI=1S/C20H19N3O2S/c24-19(22-16-11-14-5-1-2-7-17(14)21-12-16)15-6-3-9-23(13-15)20(25)18-8-4-10-26-18/h1-2,4-5,7-8,10-12,15H,3,6,9,13H2,(H,22,24). The highest BCUT2D eigenvalue weighted by Crippen LogP contribution is 2.23. The van der Waals surface area contributed by atoms with Gasteiger partial charge in [-0.05, 0) is 36.4 Å². The minimum atomic E-state index is -0.195. The number of para-hydroxylation sites is 1. The molecule has 0 aliphatic carbocycles. The van der Waals surface area contributed by atoms with E-state index in [1.807, 2.05) is 47.8 Å². The molecule has 1 aliphatic rings. The van der Waals surface area contributed by atoms with Crippen LogP contribution in [0.4, 0.5) is 5.69 Å². The summed E-state index contributed by atoms with van der Waals surface area (Å²) in [6.45, 7) is 1.17. The molecule has 4 rings (SSSR count). The van der Waals surface area contributed by atoms with Crippen LogP contribution in [-0.4, -0.2) is 34.8 Å². The van der Waals surface area contributed by atoms with Gasteiger partial charge in [0.1, 0.15) is 0 Å². The molecule has 0 radical (unpaired) electrons. The highest BCUT2D eigenvalue weighted by molar-refractivity contribution is 7.12. The molecule has 3 heterocycles. The molecule has 5 nitrogen and oxygen atoms in total. The minimum absolute atomic E-state index is 0.0184. The number of hydrogen-bond acceptors (Lipinski definition) is 4. The fourth-order valence-corrected chi connectivity index (χ4v) is 4.01. The van der Waals surface area contributed by atoms with Gasteiger partial charge in [0.25, 0.3) is 5.91 Å². The first-order chi connectivity index (χ1) is 12.7. The van der Waals surface area contributed by atoms with Crippen molar-refractivity contribution in [1.29, 1.82) is 0 Å². The number of likely N-dealkylation sites (tertiary alicyclic amines) is 1. The molecule has 2 aromatic heterocycles. The highest BCUT2D eigenvalue weighted by Gasteiger charge is 2.29. The molecule has 132 valence electrons. The van der Waals surface area contributed by atoms with Crippen molar-refractivity contribution >= 4 is 39.7 Å². The summed E-state index contributed by atoms with van der Waals surface area (Å²) in [6.07, 6.45) is 3.31. The van der Waals surface area contributed by atoms with Crippen LogP contribution in [0.3, 0.4) is 0 Å². The first-order valence-corrected chi connectivity index (χ1v) is 9.57. The number of benzene rings is 1. The van der Waals surface area contributed by atoms with E-state index in [0.717, 1.165) is 28.6 Å². The Morgan fingerprint density at radius 1 is 1.19 bits per heavy atom. The molecule has 6 heteroatoms. The van der Waals surface area contributed by atoms with Crippen LogP contribution in [0.15, 0.2) is 54.0 Å². The lowest BCUT2D eigenvalue weighted by molar-refractivity contribution is -0.121. The van der Waals surface area contributed by atoms with Crippen LogP contribution < -0.4 is 5.32 Å². The third kappa shape index (κ3) is 3.46. The van der Waals surface area contributed by atoms with Crippen LogP contribution in [-0.2, 0) is 4.79 Å². The van der Waals surface area contributed by atoms with Crippen molar-refractivity contribution in [2.75, 3.05) is 18.4 Å². The van der Waals surface area contributed by atoms with E-state index >= 15 is 0 Å². The van der Waals surface area contributed by atoms with E-state index < -0.39 is 0 Å². The average molecular weight is 365 g/mol. The van der Waals surface area contributed by atoms with Crippen molar-refractivity contribution < 1.29 is 9.59 Å². The first kappa shape index (κ1) is 16.7. The van der Waals surface area contributed by atoms with Gasteiger partial charge in [-0.1, -0.05) is 24.3 Å². The van der Waals surface area contributed by atoms with Crippen LogP contribution in [0, 0.1) is 5.92 Å². The molecule has 0 saturated carbocycles. The Morgan fingerprint density at radius 3 is 2.92 bits per heavy atom. The summed E-state index contributed by atoms with van der Waals surface area (Å²) in [4.78, 5) is 32.1. The van der Waals surface area contributed by atoms with Gasteiger partial charge in [-0.15, -0.1) is 11.3 Å². The predicted molar refractivity (Wildman–Crippen MR) is 103 cm³/mol. The van der Waals surface area contributed by atoms with Gasteiger partial charge in [-0.25, -0.2) is 0 Å². The number of thiophene rings is 1. The van der Waals surface area contributed by atoms with Crippen molar-refractivity contribution in [2.24, 2.45) is 5.92 Å². The number of amides is 2. The monoisotopic (exact) mass is 365 g/mol. The fraction of sp³-hybridized carbons (Fsp3) is 0.250. The maximum absolute atomic E-state index is 12.7. The van der Waals surface area contributed by atoms with E-state index in [1.165, 1.54) is 11.3 Å². The largest absolute Gasteiger partial charge is 0.337 e. The molecule has 1 N–H and O–H groups in total. The summed E-state index contributed by atoms with van der Waals surface area (Å²) < 4.78 is 0. The number of nitrogens with zero attached hydrogens (tertiary/aromatic N) is 2. The van der Waals surface area contributed by atoms with E-state index in [2.05, 4.69) is 10.3 Å². The van der Waals surface area contributed by atoms with Gasteiger partial charge in [0.2, 0.25) is 5.91 Å². The minimum Gasteiger partial charge on any atom is -0.337 e. The molecule has 26 heavy (non-hydrogen) atoms. The molecule has 1 saturated heterocycles. The summed E-state index contributed by atoms with van der Waals surface area (Å²) in [5.74, 6) is -0.227. The molecule has 3 aromatic rings. The van der Waals surface area contributed by atoms with E-state index in [-0.39, 0.29) is 17.7 Å². The molecule has 1 unspecified atom stereocenters. The number of carbonyl (C=O) groups excluding carboxylic acids is 2. The van der Waals surface area contributed by atoms with E-state index in [0.29, 0.717) is 18.8 Å². The van der Waals surface area contributed by atoms with Crippen LogP contribution in [0.25, 0.3) is 10.9 Å². The normalized spacial score (nSPS) is 17.2. The molecule has 1 atom stereocenters.